The Morgan fingerprint density at radius 3 is 2.39 bits per heavy atom. The summed E-state index contributed by atoms with van der Waals surface area (Å²) in [5, 5.41) is 3.49. The number of benzene rings is 2. The number of carbonyl (C=O) groups excluding carboxylic acids is 1. The lowest BCUT2D eigenvalue weighted by Crippen LogP contribution is -2.36. The summed E-state index contributed by atoms with van der Waals surface area (Å²) < 4.78 is 23.1. The first-order valence-corrected chi connectivity index (χ1v) is 11.8. The highest BCUT2D eigenvalue weighted by atomic mass is 32.2. The van der Waals surface area contributed by atoms with Crippen LogP contribution in [0, 0.1) is 0 Å². The molecular weight excluding hydrogens is 394 g/mol. The van der Waals surface area contributed by atoms with Gasteiger partial charge in [0.25, 0.3) is 0 Å². The molecule has 0 spiro atoms. The smallest absolute Gasteiger partial charge is 0.230 e. The Morgan fingerprint density at radius 2 is 1.71 bits per heavy atom. The third-order valence-electron chi connectivity index (χ3n) is 4.52. The van der Waals surface area contributed by atoms with Crippen LogP contribution in [-0.4, -0.2) is 47.6 Å². The predicted molar refractivity (Wildman–Crippen MR) is 111 cm³/mol. The molecule has 0 unspecified atom stereocenters. The van der Waals surface area contributed by atoms with Crippen molar-refractivity contribution in [1.29, 1.82) is 0 Å². The van der Waals surface area contributed by atoms with Gasteiger partial charge in [-0.05, 0) is 18.6 Å². The lowest BCUT2D eigenvalue weighted by molar-refractivity contribution is -0.119. The maximum atomic E-state index is 12.3. The third kappa shape index (κ3) is 4.34. The quantitative estimate of drug-likeness (QED) is 0.647. The second-order valence-corrected chi connectivity index (χ2v) is 9.88. The lowest BCUT2D eigenvalue weighted by Gasteiger charge is -2.12. The summed E-state index contributed by atoms with van der Waals surface area (Å²) in [5.41, 5.74) is 3.24. The first kappa shape index (κ1) is 18.9. The largest absolute Gasteiger partial charge is 0.352 e. The number of carbonyl (C=O) groups is 1. The summed E-state index contributed by atoms with van der Waals surface area (Å²) in [6.07, 6.45) is 0.476. The molecule has 2 aromatic carbocycles. The van der Waals surface area contributed by atoms with Crippen LogP contribution >= 0.6 is 11.8 Å². The van der Waals surface area contributed by atoms with E-state index in [1.54, 1.807) is 0 Å². The number of sulfone groups is 1. The van der Waals surface area contributed by atoms with Crippen molar-refractivity contribution in [2.24, 2.45) is 0 Å². The highest BCUT2D eigenvalue weighted by Crippen LogP contribution is 2.30. The van der Waals surface area contributed by atoms with E-state index in [0.29, 0.717) is 11.4 Å². The number of thioether (sulfide) groups is 1. The molecule has 0 bridgehead atoms. The van der Waals surface area contributed by atoms with Crippen molar-refractivity contribution in [1.82, 2.24) is 15.3 Å². The van der Waals surface area contributed by atoms with Crippen LogP contribution < -0.4 is 5.32 Å². The molecular formula is C20H19N3O3S2. The van der Waals surface area contributed by atoms with Crippen molar-refractivity contribution < 1.29 is 13.2 Å². The zero-order valence-corrected chi connectivity index (χ0v) is 16.7. The van der Waals surface area contributed by atoms with Crippen molar-refractivity contribution in [3.63, 3.8) is 0 Å². The molecule has 8 heteroatoms. The van der Waals surface area contributed by atoms with Crippen molar-refractivity contribution in [3.05, 3.63) is 54.6 Å². The molecule has 1 saturated heterocycles. The van der Waals surface area contributed by atoms with E-state index in [2.05, 4.69) is 5.32 Å². The molecule has 144 valence electrons. The summed E-state index contributed by atoms with van der Waals surface area (Å²) in [6, 6.07) is 17.1. The lowest BCUT2D eigenvalue weighted by atomic mass is 10.1. The Bertz CT molecular complexity index is 1120. The van der Waals surface area contributed by atoms with Gasteiger partial charge in [-0.2, -0.15) is 0 Å². The van der Waals surface area contributed by atoms with E-state index in [-0.39, 0.29) is 29.2 Å². The number of hydrogen-bond acceptors (Lipinski definition) is 6. The first-order chi connectivity index (χ1) is 13.5. The van der Waals surface area contributed by atoms with E-state index in [9.17, 15) is 13.2 Å². The van der Waals surface area contributed by atoms with Crippen LogP contribution in [0.1, 0.15) is 6.42 Å². The number of nitrogens with zero attached hydrogens (tertiary/aromatic N) is 2. The van der Waals surface area contributed by atoms with Gasteiger partial charge in [-0.3, -0.25) is 4.79 Å². The second-order valence-electron chi connectivity index (χ2n) is 6.69. The van der Waals surface area contributed by atoms with Gasteiger partial charge < -0.3 is 5.32 Å². The van der Waals surface area contributed by atoms with Gasteiger partial charge in [0.15, 0.2) is 9.84 Å². The molecule has 4 rings (SSSR count). The fourth-order valence-electron chi connectivity index (χ4n) is 3.18. The highest BCUT2D eigenvalue weighted by Gasteiger charge is 2.28. The van der Waals surface area contributed by atoms with E-state index >= 15 is 0 Å². The average molecular weight is 414 g/mol. The van der Waals surface area contributed by atoms with Gasteiger partial charge in [-0.1, -0.05) is 54.2 Å². The number of aromatic nitrogens is 2. The summed E-state index contributed by atoms with van der Waals surface area (Å²) in [5.74, 6) is 0.123. The zero-order chi connectivity index (χ0) is 19.6. The Balaban J connectivity index is 1.55. The van der Waals surface area contributed by atoms with Crippen molar-refractivity contribution in [3.8, 4) is 11.3 Å². The average Bonchev–Trinajstić information content (AvgIpc) is 3.04. The minimum absolute atomic E-state index is 0.0223. The van der Waals surface area contributed by atoms with Crippen LogP contribution in [0.3, 0.4) is 0 Å². The van der Waals surface area contributed by atoms with E-state index < -0.39 is 9.84 Å². The molecule has 1 amide bonds. The molecule has 1 atom stereocenters. The van der Waals surface area contributed by atoms with E-state index in [4.69, 9.17) is 9.97 Å². The normalized spacial score (nSPS) is 18.2. The minimum Gasteiger partial charge on any atom is -0.352 e. The number of amides is 1. The Labute approximate surface area is 167 Å². The van der Waals surface area contributed by atoms with Crippen LogP contribution in [0.25, 0.3) is 22.3 Å². The fraction of sp³-hybridized carbons (Fsp3) is 0.250. The standard InChI is InChI=1S/C20H19N3O3S2/c24-18(21-15-10-11-28(25,26)13-15)12-27-20-19(14-6-2-1-3-7-14)22-16-8-4-5-9-17(16)23-20/h1-9,15H,10-13H2,(H,21,24)/t15-/m1/s1. The Morgan fingerprint density at radius 1 is 1.04 bits per heavy atom. The van der Waals surface area contributed by atoms with E-state index in [1.165, 1.54) is 11.8 Å². The summed E-state index contributed by atoms with van der Waals surface area (Å²) >= 11 is 1.31. The molecule has 0 radical (unpaired) electrons. The molecule has 1 aromatic heterocycles. The van der Waals surface area contributed by atoms with Gasteiger partial charge >= 0.3 is 0 Å². The molecule has 1 fully saturated rings. The van der Waals surface area contributed by atoms with E-state index in [1.807, 2.05) is 54.6 Å². The van der Waals surface area contributed by atoms with Gasteiger partial charge in [-0.15, -0.1) is 0 Å². The zero-order valence-electron chi connectivity index (χ0n) is 15.0. The topological polar surface area (TPSA) is 89.0 Å². The SMILES string of the molecule is O=C(CSc1nc2ccccc2nc1-c1ccccc1)N[C@@H]1CCS(=O)(=O)C1. The van der Waals surface area contributed by atoms with Crippen LogP contribution in [0.4, 0.5) is 0 Å². The second kappa shape index (κ2) is 7.89. The number of hydrogen-bond donors (Lipinski definition) is 1. The number of rotatable bonds is 5. The molecule has 2 heterocycles. The van der Waals surface area contributed by atoms with Crippen molar-refractivity contribution in [2.75, 3.05) is 17.3 Å². The monoisotopic (exact) mass is 413 g/mol. The summed E-state index contributed by atoms with van der Waals surface area (Å²) in [6.45, 7) is 0. The van der Waals surface area contributed by atoms with Crippen LogP contribution in [0.2, 0.25) is 0 Å². The van der Waals surface area contributed by atoms with Gasteiger partial charge in [-0.25, -0.2) is 18.4 Å². The van der Waals surface area contributed by atoms with Gasteiger partial charge in [0, 0.05) is 11.6 Å². The number of para-hydroxylation sites is 2. The van der Waals surface area contributed by atoms with Gasteiger partial charge in [0.1, 0.15) is 10.7 Å². The molecule has 28 heavy (non-hydrogen) atoms. The summed E-state index contributed by atoms with van der Waals surface area (Å²) in [4.78, 5) is 21.8. The highest BCUT2D eigenvalue weighted by molar-refractivity contribution is 8.00. The van der Waals surface area contributed by atoms with Crippen LogP contribution in [-0.2, 0) is 14.6 Å². The fourth-order valence-corrected chi connectivity index (χ4v) is 5.67. The van der Waals surface area contributed by atoms with Gasteiger partial charge in [0.2, 0.25) is 5.91 Å². The Kier molecular flexibility index (Phi) is 5.32. The predicted octanol–water partition coefficient (Wildman–Crippen LogP) is 2.69. The molecule has 3 aromatic rings. The molecule has 6 nitrogen and oxygen atoms in total. The molecule has 1 N–H and O–H groups in total. The molecule has 1 aliphatic rings. The maximum absolute atomic E-state index is 12.3. The maximum Gasteiger partial charge on any atom is 0.230 e. The van der Waals surface area contributed by atoms with Crippen LogP contribution in [0.15, 0.2) is 59.6 Å². The van der Waals surface area contributed by atoms with Gasteiger partial charge in [0.05, 0.1) is 28.3 Å². The Hall–Kier alpha value is -2.45. The molecule has 1 aliphatic heterocycles. The first-order valence-electron chi connectivity index (χ1n) is 8.95. The third-order valence-corrected chi connectivity index (χ3v) is 7.26. The number of fused-ring (bicyclic) bond motifs is 1. The molecule has 0 saturated carbocycles. The summed E-state index contributed by atoms with van der Waals surface area (Å²) in [7, 11) is -3.02. The van der Waals surface area contributed by atoms with Crippen molar-refractivity contribution in [2.45, 2.75) is 17.5 Å². The minimum atomic E-state index is -3.02. The van der Waals surface area contributed by atoms with E-state index in [0.717, 1.165) is 22.3 Å². The number of nitrogens with one attached hydrogen (secondary N) is 1. The van der Waals surface area contributed by atoms with Crippen LogP contribution in [0.5, 0.6) is 0 Å². The molecule has 0 aliphatic carbocycles. The van der Waals surface area contributed by atoms with Crippen molar-refractivity contribution >= 4 is 38.5 Å².